The van der Waals surface area contributed by atoms with E-state index < -0.39 is 0 Å². The Morgan fingerprint density at radius 3 is 2.84 bits per heavy atom. The Kier molecular flexibility index (Phi) is 4.97. The molecule has 3 heteroatoms. The zero-order valence-corrected chi connectivity index (χ0v) is 11.7. The molecule has 3 nitrogen and oxygen atoms in total. The van der Waals surface area contributed by atoms with Gasteiger partial charge in [-0.05, 0) is 44.7 Å². The van der Waals surface area contributed by atoms with E-state index in [-0.39, 0.29) is 11.4 Å². The van der Waals surface area contributed by atoms with Crippen molar-refractivity contribution >= 4 is 5.97 Å². The summed E-state index contributed by atoms with van der Waals surface area (Å²) in [5.41, 5.74) is 0.967. The van der Waals surface area contributed by atoms with Crippen LogP contribution in [0.1, 0.15) is 31.7 Å². The molecule has 0 aliphatic carbocycles. The van der Waals surface area contributed by atoms with Crippen LogP contribution < -0.4 is 5.32 Å². The van der Waals surface area contributed by atoms with Crippen molar-refractivity contribution in [3.8, 4) is 0 Å². The molecule has 0 amide bonds. The zero-order chi connectivity index (χ0) is 13.6. The number of nitrogens with one attached hydrogen (secondary N) is 1. The highest BCUT2D eigenvalue weighted by Crippen LogP contribution is 2.26. The van der Waals surface area contributed by atoms with Crippen molar-refractivity contribution in [2.75, 3.05) is 19.7 Å². The minimum Gasteiger partial charge on any atom is -0.465 e. The Bertz CT molecular complexity index is 396. The summed E-state index contributed by atoms with van der Waals surface area (Å²) in [5, 5.41) is 3.27. The summed E-state index contributed by atoms with van der Waals surface area (Å²) in [6, 6.07) is 10.3. The molecule has 1 aliphatic rings. The van der Waals surface area contributed by atoms with Gasteiger partial charge in [0, 0.05) is 6.54 Å². The third kappa shape index (κ3) is 4.06. The van der Waals surface area contributed by atoms with Crippen LogP contribution in [0.3, 0.4) is 0 Å². The summed E-state index contributed by atoms with van der Waals surface area (Å²) in [5.74, 6) is -0.0484. The molecule has 1 N–H and O–H groups in total. The monoisotopic (exact) mass is 261 g/mol. The Morgan fingerprint density at radius 1 is 1.37 bits per heavy atom. The van der Waals surface area contributed by atoms with E-state index in [4.69, 9.17) is 4.74 Å². The van der Waals surface area contributed by atoms with Crippen LogP contribution >= 0.6 is 0 Å². The van der Waals surface area contributed by atoms with Crippen LogP contribution in [-0.4, -0.2) is 25.7 Å². The number of carbonyl (C=O) groups is 1. The molecule has 1 saturated heterocycles. The van der Waals surface area contributed by atoms with Crippen LogP contribution in [0.25, 0.3) is 0 Å². The second-order valence-electron chi connectivity index (χ2n) is 5.57. The number of hydrogen-bond donors (Lipinski definition) is 1. The molecular weight excluding hydrogens is 238 g/mol. The topological polar surface area (TPSA) is 38.3 Å². The number of esters is 1. The number of benzene rings is 1. The molecule has 0 aromatic heterocycles. The number of carbonyl (C=O) groups excluding carboxylic acids is 1. The second kappa shape index (κ2) is 6.71. The summed E-state index contributed by atoms with van der Waals surface area (Å²) >= 11 is 0. The summed E-state index contributed by atoms with van der Waals surface area (Å²) in [6.07, 6.45) is 3.83. The molecule has 0 radical (unpaired) electrons. The number of ether oxygens (including phenoxy) is 1. The number of piperidine rings is 1. The third-order valence-corrected chi connectivity index (χ3v) is 3.78. The number of rotatable bonds is 5. The highest BCUT2D eigenvalue weighted by Gasteiger charge is 2.35. The fourth-order valence-electron chi connectivity index (χ4n) is 2.49. The Labute approximate surface area is 115 Å². The van der Waals surface area contributed by atoms with Gasteiger partial charge in [-0.25, -0.2) is 0 Å². The van der Waals surface area contributed by atoms with Crippen molar-refractivity contribution in [1.82, 2.24) is 5.32 Å². The fourth-order valence-corrected chi connectivity index (χ4v) is 2.49. The average Bonchev–Trinajstić information content (AvgIpc) is 2.45. The van der Waals surface area contributed by atoms with Crippen LogP contribution in [0.2, 0.25) is 0 Å². The van der Waals surface area contributed by atoms with E-state index in [0.29, 0.717) is 6.61 Å². The molecule has 0 saturated carbocycles. The number of aryl methyl sites for hydroxylation is 1. The van der Waals surface area contributed by atoms with Gasteiger partial charge in [-0.2, -0.15) is 0 Å². The van der Waals surface area contributed by atoms with Crippen molar-refractivity contribution in [3.05, 3.63) is 35.9 Å². The molecule has 19 heavy (non-hydrogen) atoms. The van der Waals surface area contributed by atoms with Gasteiger partial charge in [0.25, 0.3) is 0 Å². The Hall–Kier alpha value is -1.35. The minimum absolute atomic E-state index is 0.0484. The normalized spacial score (nSPS) is 23.0. The van der Waals surface area contributed by atoms with E-state index in [2.05, 4.69) is 17.4 Å². The Balaban J connectivity index is 1.69. The average molecular weight is 261 g/mol. The molecule has 1 heterocycles. The lowest BCUT2D eigenvalue weighted by atomic mass is 9.83. The van der Waals surface area contributed by atoms with Gasteiger partial charge in [-0.15, -0.1) is 0 Å². The maximum absolute atomic E-state index is 12.1. The van der Waals surface area contributed by atoms with Crippen molar-refractivity contribution in [3.63, 3.8) is 0 Å². The summed E-state index contributed by atoms with van der Waals surface area (Å²) in [4.78, 5) is 12.1. The molecule has 1 atom stereocenters. The van der Waals surface area contributed by atoms with Crippen molar-refractivity contribution in [2.24, 2.45) is 5.41 Å². The van der Waals surface area contributed by atoms with Gasteiger partial charge in [-0.3, -0.25) is 4.79 Å². The minimum atomic E-state index is -0.328. The standard InChI is InChI=1S/C16H23NO2/c1-16(10-6-11-17-13-16)15(18)19-12-5-9-14-7-3-2-4-8-14/h2-4,7-8,17H,5-6,9-13H2,1H3. The van der Waals surface area contributed by atoms with Gasteiger partial charge in [0.05, 0.1) is 12.0 Å². The largest absolute Gasteiger partial charge is 0.465 e. The van der Waals surface area contributed by atoms with Crippen molar-refractivity contribution in [2.45, 2.75) is 32.6 Å². The first kappa shape index (κ1) is 14.1. The highest BCUT2D eigenvalue weighted by atomic mass is 16.5. The van der Waals surface area contributed by atoms with E-state index in [1.165, 1.54) is 5.56 Å². The van der Waals surface area contributed by atoms with E-state index in [1.807, 2.05) is 25.1 Å². The lowest BCUT2D eigenvalue weighted by Crippen LogP contribution is -2.44. The first-order chi connectivity index (χ1) is 9.21. The van der Waals surface area contributed by atoms with E-state index in [0.717, 1.165) is 38.8 Å². The molecule has 2 rings (SSSR count). The van der Waals surface area contributed by atoms with Gasteiger partial charge in [0.1, 0.15) is 0 Å². The summed E-state index contributed by atoms with van der Waals surface area (Å²) in [7, 11) is 0. The molecular formula is C16H23NO2. The molecule has 1 aromatic carbocycles. The molecule has 1 aromatic rings. The first-order valence-corrected chi connectivity index (χ1v) is 7.13. The third-order valence-electron chi connectivity index (χ3n) is 3.78. The predicted octanol–water partition coefficient (Wildman–Crippen LogP) is 2.55. The maximum Gasteiger partial charge on any atom is 0.313 e. The smallest absolute Gasteiger partial charge is 0.313 e. The molecule has 104 valence electrons. The molecule has 0 bridgehead atoms. The predicted molar refractivity (Wildman–Crippen MR) is 75.9 cm³/mol. The SMILES string of the molecule is CC1(C(=O)OCCCc2ccccc2)CCCNC1. The quantitative estimate of drug-likeness (QED) is 0.654. The van der Waals surface area contributed by atoms with Gasteiger partial charge < -0.3 is 10.1 Å². The summed E-state index contributed by atoms with van der Waals surface area (Å²) < 4.78 is 5.43. The number of hydrogen-bond acceptors (Lipinski definition) is 3. The van der Waals surface area contributed by atoms with E-state index in [9.17, 15) is 4.79 Å². The molecule has 1 aliphatic heterocycles. The molecule has 0 spiro atoms. The second-order valence-corrected chi connectivity index (χ2v) is 5.57. The van der Waals surface area contributed by atoms with Gasteiger partial charge in [0.15, 0.2) is 0 Å². The van der Waals surface area contributed by atoms with Gasteiger partial charge in [0.2, 0.25) is 0 Å². The van der Waals surface area contributed by atoms with Crippen LogP contribution in [0.15, 0.2) is 30.3 Å². The fraction of sp³-hybridized carbons (Fsp3) is 0.562. The Morgan fingerprint density at radius 2 is 2.16 bits per heavy atom. The maximum atomic E-state index is 12.1. The van der Waals surface area contributed by atoms with Crippen LogP contribution in [0, 0.1) is 5.41 Å². The lowest BCUT2D eigenvalue weighted by Gasteiger charge is -2.31. The summed E-state index contributed by atoms with van der Waals surface area (Å²) in [6.45, 7) is 4.27. The first-order valence-electron chi connectivity index (χ1n) is 7.13. The van der Waals surface area contributed by atoms with Crippen LogP contribution in [0.4, 0.5) is 0 Å². The van der Waals surface area contributed by atoms with Crippen molar-refractivity contribution < 1.29 is 9.53 Å². The highest BCUT2D eigenvalue weighted by molar-refractivity contribution is 5.76. The van der Waals surface area contributed by atoms with Gasteiger partial charge >= 0.3 is 5.97 Å². The van der Waals surface area contributed by atoms with E-state index in [1.54, 1.807) is 0 Å². The molecule has 1 unspecified atom stereocenters. The molecule has 1 fully saturated rings. The van der Waals surface area contributed by atoms with E-state index >= 15 is 0 Å². The van der Waals surface area contributed by atoms with Gasteiger partial charge in [-0.1, -0.05) is 30.3 Å². The van der Waals surface area contributed by atoms with Crippen LogP contribution in [0.5, 0.6) is 0 Å². The lowest BCUT2D eigenvalue weighted by molar-refractivity contribution is -0.156. The zero-order valence-electron chi connectivity index (χ0n) is 11.7. The van der Waals surface area contributed by atoms with Crippen molar-refractivity contribution in [1.29, 1.82) is 0 Å². The van der Waals surface area contributed by atoms with Crippen LogP contribution in [-0.2, 0) is 16.0 Å².